The Bertz CT molecular complexity index is 697. The summed E-state index contributed by atoms with van der Waals surface area (Å²) in [7, 11) is 0. The first-order valence-corrected chi connectivity index (χ1v) is 5.30. The molecule has 0 spiro atoms. The van der Waals surface area contributed by atoms with Gasteiger partial charge in [-0.2, -0.15) is 13.2 Å². The number of hydrogen-bond acceptors (Lipinski definition) is 2. The second-order valence-corrected chi connectivity index (χ2v) is 3.95. The molecule has 0 amide bonds. The highest BCUT2D eigenvalue weighted by atomic mass is 19.4. The van der Waals surface area contributed by atoms with Gasteiger partial charge < -0.3 is 4.98 Å². The lowest BCUT2D eigenvalue weighted by Crippen LogP contribution is -2.36. The summed E-state index contributed by atoms with van der Waals surface area (Å²) < 4.78 is 38.0. The number of nitrogens with one attached hydrogen (secondary N) is 1. The molecule has 0 aliphatic rings. The molecule has 1 N–H and O–H groups in total. The van der Waals surface area contributed by atoms with Crippen LogP contribution in [0.1, 0.15) is 11.3 Å². The van der Waals surface area contributed by atoms with Crippen molar-refractivity contribution in [2.45, 2.75) is 13.1 Å². The van der Waals surface area contributed by atoms with E-state index in [2.05, 4.69) is 0 Å². The number of halogens is 3. The van der Waals surface area contributed by atoms with E-state index in [1.54, 1.807) is 30.1 Å². The van der Waals surface area contributed by atoms with E-state index >= 15 is 0 Å². The minimum absolute atomic E-state index is 0.252. The summed E-state index contributed by atoms with van der Waals surface area (Å²) in [5.41, 5.74) is -2.64. The van der Waals surface area contributed by atoms with E-state index in [1.165, 1.54) is 6.07 Å². The van der Waals surface area contributed by atoms with Gasteiger partial charge in [0.15, 0.2) is 0 Å². The summed E-state index contributed by atoms with van der Waals surface area (Å²) in [6.45, 7) is 1.65. The lowest BCUT2D eigenvalue weighted by Gasteiger charge is -2.10. The average molecular weight is 270 g/mol. The predicted molar refractivity (Wildman–Crippen MR) is 62.4 cm³/mol. The van der Waals surface area contributed by atoms with Gasteiger partial charge in [0.2, 0.25) is 0 Å². The summed E-state index contributed by atoms with van der Waals surface area (Å²) in [6.07, 6.45) is -4.76. The third kappa shape index (κ3) is 2.44. The highest BCUT2D eigenvalue weighted by molar-refractivity contribution is 5.39. The maximum Gasteiger partial charge on any atom is 0.431 e. The molecule has 4 nitrogen and oxygen atoms in total. The van der Waals surface area contributed by atoms with Gasteiger partial charge in [-0.1, -0.05) is 18.2 Å². The molecule has 0 saturated heterocycles. The molecule has 2 aromatic rings. The molecule has 0 radical (unpaired) electrons. The summed E-state index contributed by atoms with van der Waals surface area (Å²) in [6, 6.07) is 6.79. The smallest absolute Gasteiger partial charge is 0.303 e. The summed E-state index contributed by atoms with van der Waals surface area (Å²) in [4.78, 5) is 25.0. The van der Waals surface area contributed by atoms with Crippen molar-refractivity contribution >= 4 is 0 Å². The SMILES string of the molecule is Cc1ccccc1-n1c(=O)cc(C(F)(F)F)[nH]c1=O. The van der Waals surface area contributed by atoms with Crippen LogP contribution in [0.25, 0.3) is 5.69 Å². The highest BCUT2D eigenvalue weighted by Gasteiger charge is 2.33. The fourth-order valence-electron chi connectivity index (χ4n) is 1.69. The van der Waals surface area contributed by atoms with Crippen molar-refractivity contribution in [1.29, 1.82) is 0 Å². The Hall–Kier alpha value is -2.31. The van der Waals surface area contributed by atoms with E-state index in [0.29, 0.717) is 16.2 Å². The van der Waals surface area contributed by atoms with Gasteiger partial charge in [0.1, 0.15) is 5.69 Å². The summed E-state index contributed by atoms with van der Waals surface area (Å²) in [5, 5.41) is 0. The van der Waals surface area contributed by atoms with Crippen LogP contribution in [0, 0.1) is 6.92 Å². The van der Waals surface area contributed by atoms with Crippen LogP contribution >= 0.6 is 0 Å². The van der Waals surface area contributed by atoms with Crippen molar-refractivity contribution in [2.75, 3.05) is 0 Å². The molecule has 1 heterocycles. The minimum Gasteiger partial charge on any atom is -0.303 e. The molecule has 0 atom stereocenters. The third-order valence-corrected chi connectivity index (χ3v) is 2.59. The maximum atomic E-state index is 12.4. The number of aryl methyl sites for hydroxylation is 1. The van der Waals surface area contributed by atoms with Crippen LogP contribution in [0.2, 0.25) is 0 Å². The summed E-state index contributed by atoms with van der Waals surface area (Å²) in [5.74, 6) is 0. The van der Waals surface area contributed by atoms with E-state index in [-0.39, 0.29) is 5.69 Å². The van der Waals surface area contributed by atoms with Crippen LogP contribution in [0.5, 0.6) is 0 Å². The Labute approximate surface area is 105 Å². The lowest BCUT2D eigenvalue weighted by molar-refractivity contribution is -0.141. The van der Waals surface area contributed by atoms with Crippen LogP contribution in [-0.2, 0) is 6.18 Å². The topological polar surface area (TPSA) is 54.9 Å². The average Bonchev–Trinajstić information content (AvgIpc) is 2.29. The van der Waals surface area contributed by atoms with E-state index in [0.717, 1.165) is 0 Å². The van der Waals surface area contributed by atoms with Crippen LogP contribution in [-0.4, -0.2) is 9.55 Å². The fourth-order valence-corrected chi connectivity index (χ4v) is 1.69. The van der Waals surface area contributed by atoms with Gasteiger partial charge in [-0.25, -0.2) is 9.36 Å². The van der Waals surface area contributed by atoms with Crippen molar-refractivity contribution in [1.82, 2.24) is 9.55 Å². The molecule has 1 aromatic carbocycles. The standard InChI is InChI=1S/C12H9F3N2O2/c1-7-4-2-3-5-8(7)17-10(18)6-9(12(13,14)15)16-11(17)19/h2-6H,1H3,(H,16,19). The molecular formula is C12H9F3N2O2. The molecular weight excluding hydrogens is 261 g/mol. The number of H-pyrrole nitrogens is 1. The van der Waals surface area contributed by atoms with Crippen molar-refractivity contribution in [3.63, 3.8) is 0 Å². The quantitative estimate of drug-likeness (QED) is 0.859. The van der Waals surface area contributed by atoms with Crippen LogP contribution in [0.15, 0.2) is 39.9 Å². The zero-order chi connectivity index (χ0) is 14.2. The van der Waals surface area contributed by atoms with E-state index < -0.39 is 23.1 Å². The first-order chi connectivity index (χ1) is 8.80. The number of benzene rings is 1. The molecule has 0 aliphatic heterocycles. The molecule has 0 aliphatic carbocycles. The first-order valence-electron chi connectivity index (χ1n) is 5.30. The third-order valence-electron chi connectivity index (χ3n) is 2.59. The van der Waals surface area contributed by atoms with Gasteiger partial charge >= 0.3 is 11.9 Å². The minimum atomic E-state index is -4.76. The number of nitrogens with zero attached hydrogens (tertiary/aromatic N) is 1. The molecule has 0 fully saturated rings. The number of hydrogen-bond donors (Lipinski definition) is 1. The number of alkyl halides is 3. The van der Waals surface area contributed by atoms with Gasteiger partial charge in [-0.3, -0.25) is 4.79 Å². The Morgan fingerprint density at radius 2 is 1.79 bits per heavy atom. The Balaban J connectivity index is 2.72. The first kappa shape index (κ1) is 13.1. The van der Waals surface area contributed by atoms with Crippen molar-refractivity contribution in [3.8, 4) is 5.69 Å². The van der Waals surface area contributed by atoms with Crippen molar-refractivity contribution in [3.05, 3.63) is 62.4 Å². The van der Waals surface area contributed by atoms with Gasteiger partial charge in [-0.15, -0.1) is 0 Å². The van der Waals surface area contributed by atoms with Crippen molar-refractivity contribution in [2.24, 2.45) is 0 Å². The maximum absolute atomic E-state index is 12.4. The van der Waals surface area contributed by atoms with Gasteiger partial charge in [0.05, 0.1) is 5.69 Å². The number of aromatic amines is 1. The lowest BCUT2D eigenvalue weighted by atomic mass is 10.2. The number of para-hydroxylation sites is 1. The monoisotopic (exact) mass is 270 g/mol. The zero-order valence-electron chi connectivity index (χ0n) is 9.78. The van der Waals surface area contributed by atoms with Gasteiger partial charge in [0, 0.05) is 6.07 Å². The molecule has 0 saturated carbocycles. The molecule has 2 rings (SSSR count). The molecule has 1 aromatic heterocycles. The van der Waals surface area contributed by atoms with Crippen molar-refractivity contribution < 1.29 is 13.2 Å². The normalized spacial score (nSPS) is 11.6. The fraction of sp³-hybridized carbons (Fsp3) is 0.167. The predicted octanol–water partition coefficient (Wildman–Crippen LogP) is 1.85. The second-order valence-electron chi connectivity index (χ2n) is 3.95. The number of rotatable bonds is 1. The van der Waals surface area contributed by atoms with E-state index in [1.807, 2.05) is 0 Å². The molecule has 0 bridgehead atoms. The second kappa shape index (κ2) is 4.42. The van der Waals surface area contributed by atoms with Crippen LogP contribution < -0.4 is 11.2 Å². The molecule has 19 heavy (non-hydrogen) atoms. The highest BCUT2D eigenvalue weighted by Crippen LogP contribution is 2.25. The largest absolute Gasteiger partial charge is 0.431 e. The van der Waals surface area contributed by atoms with Gasteiger partial charge in [-0.05, 0) is 18.6 Å². The summed E-state index contributed by atoms with van der Waals surface area (Å²) >= 11 is 0. The van der Waals surface area contributed by atoms with Crippen LogP contribution in [0.3, 0.4) is 0 Å². The molecule has 7 heteroatoms. The van der Waals surface area contributed by atoms with E-state index in [9.17, 15) is 22.8 Å². The van der Waals surface area contributed by atoms with Gasteiger partial charge in [0.25, 0.3) is 5.56 Å². The molecule has 100 valence electrons. The van der Waals surface area contributed by atoms with Crippen LogP contribution in [0.4, 0.5) is 13.2 Å². The molecule has 0 unspecified atom stereocenters. The zero-order valence-corrected chi connectivity index (χ0v) is 9.78. The Morgan fingerprint density at radius 1 is 1.16 bits per heavy atom. The number of aromatic nitrogens is 2. The Kier molecular flexibility index (Phi) is 3.05. The Morgan fingerprint density at radius 3 is 2.32 bits per heavy atom. The van der Waals surface area contributed by atoms with E-state index in [4.69, 9.17) is 0 Å².